The summed E-state index contributed by atoms with van der Waals surface area (Å²) >= 11 is 0. The molecule has 0 saturated carbocycles. The molecule has 11 nitrogen and oxygen atoms in total. The number of esters is 2. The summed E-state index contributed by atoms with van der Waals surface area (Å²) in [7, 11) is 0. The van der Waals surface area contributed by atoms with Crippen LogP contribution in [0.25, 0.3) is 0 Å². The lowest BCUT2D eigenvalue weighted by Gasteiger charge is -2.46. The molecule has 11 heteroatoms. The van der Waals surface area contributed by atoms with Crippen molar-refractivity contribution in [1.29, 1.82) is 0 Å². The first-order valence-corrected chi connectivity index (χ1v) is 14.5. The number of carbonyl (C=O) groups is 2. The molecule has 2 heterocycles. The third kappa shape index (κ3) is 10.9. The Balaban J connectivity index is 1.81. The summed E-state index contributed by atoms with van der Waals surface area (Å²) in [5, 5.41) is 32.3. The van der Waals surface area contributed by atoms with E-state index in [9.17, 15) is 24.9 Å². The second-order valence-electron chi connectivity index (χ2n) is 10.7. The van der Waals surface area contributed by atoms with Crippen LogP contribution >= 0.6 is 0 Å². The SMILES string of the molecule is CCCCCCCCCCCCO[C@@H]1O[C@@H](C)[C@H](O[C@@H]2O[C@@H](C)[C@H](OC(C)=O)[C@@H](OC(C)=O)[C@H]2O)[C@@H](O)[C@H]1O. The monoisotopic (exact) mass is 562 g/mol. The predicted molar refractivity (Wildman–Crippen MR) is 140 cm³/mol. The molecule has 0 bridgehead atoms. The van der Waals surface area contributed by atoms with Crippen molar-refractivity contribution in [1.82, 2.24) is 0 Å². The fourth-order valence-electron chi connectivity index (χ4n) is 5.06. The van der Waals surface area contributed by atoms with Crippen molar-refractivity contribution in [2.45, 2.75) is 160 Å². The molecule has 10 atom stereocenters. The van der Waals surface area contributed by atoms with Crippen LogP contribution in [0.15, 0.2) is 0 Å². The van der Waals surface area contributed by atoms with Crippen LogP contribution in [0.5, 0.6) is 0 Å². The Bertz CT molecular complexity index is 720. The molecule has 0 aromatic rings. The van der Waals surface area contributed by atoms with Gasteiger partial charge in [0, 0.05) is 20.5 Å². The van der Waals surface area contributed by atoms with Crippen LogP contribution in [0.2, 0.25) is 0 Å². The Labute approximate surface area is 232 Å². The quantitative estimate of drug-likeness (QED) is 0.188. The van der Waals surface area contributed by atoms with Crippen LogP contribution in [0.4, 0.5) is 0 Å². The fraction of sp³-hybridized carbons (Fsp3) is 0.929. The summed E-state index contributed by atoms with van der Waals surface area (Å²) in [6.07, 6.45) is 0.365. The molecule has 2 aliphatic rings. The van der Waals surface area contributed by atoms with E-state index in [0.717, 1.165) is 19.3 Å². The zero-order valence-electron chi connectivity index (χ0n) is 24.2. The highest BCUT2D eigenvalue weighted by atomic mass is 16.7. The smallest absolute Gasteiger partial charge is 0.303 e. The highest BCUT2D eigenvalue weighted by Crippen LogP contribution is 2.31. The van der Waals surface area contributed by atoms with Gasteiger partial charge in [0.15, 0.2) is 24.8 Å². The molecule has 2 aliphatic heterocycles. The largest absolute Gasteiger partial charge is 0.456 e. The first-order chi connectivity index (χ1) is 18.6. The molecule has 2 rings (SSSR count). The van der Waals surface area contributed by atoms with Gasteiger partial charge in [0.05, 0.1) is 12.2 Å². The third-order valence-electron chi connectivity index (χ3n) is 7.20. The Morgan fingerprint density at radius 2 is 1.13 bits per heavy atom. The fourth-order valence-corrected chi connectivity index (χ4v) is 5.06. The third-order valence-corrected chi connectivity index (χ3v) is 7.20. The topological polar surface area (TPSA) is 150 Å². The van der Waals surface area contributed by atoms with Crippen molar-refractivity contribution in [2.24, 2.45) is 0 Å². The number of unbranched alkanes of at least 4 members (excludes halogenated alkanes) is 9. The van der Waals surface area contributed by atoms with Crippen LogP contribution in [-0.4, -0.2) is 95.3 Å². The van der Waals surface area contributed by atoms with E-state index in [0.29, 0.717) is 6.61 Å². The van der Waals surface area contributed by atoms with Crippen LogP contribution in [-0.2, 0) is 38.0 Å². The van der Waals surface area contributed by atoms with Crippen molar-refractivity contribution in [3.63, 3.8) is 0 Å². The van der Waals surface area contributed by atoms with Gasteiger partial charge in [-0.1, -0.05) is 64.7 Å². The van der Waals surface area contributed by atoms with E-state index in [-0.39, 0.29) is 0 Å². The van der Waals surface area contributed by atoms with E-state index < -0.39 is 73.4 Å². The van der Waals surface area contributed by atoms with E-state index in [1.807, 2.05) is 0 Å². The molecule has 0 unspecified atom stereocenters. The molecule has 0 radical (unpaired) electrons. The summed E-state index contributed by atoms with van der Waals surface area (Å²) < 4.78 is 33.5. The van der Waals surface area contributed by atoms with E-state index in [4.69, 9.17) is 28.4 Å². The number of aliphatic hydroxyl groups is 3. The van der Waals surface area contributed by atoms with Gasteiger partial charge >= 0.3 is 11.9 Å². The van der Waals surface area contributed by atoms with Gasteiger partial charge < -0.3 is 43.7 Å². The minimum absolute atomic E-state index is 0.396. The highest BCUT2D eigenvalue weighted by molar-refractivity contribution is 5.67. The highest BCUT2D eigenvalue weighted by Gasteiger charge is 2.51. The van der Waals surface area contributed by atoms with Crippen molar-refractivity contribution >= 4 is 11.9 Å². The number of rotatable bonds is 16. The number of ether oxygens (including phenoxy) is 6. The Morgan fingerprint density at radius 3 is 1.69 bits per heavy atom. The van der Waals surface area contributed by atoms with E-state index in [1.54, 1.807) is 13.8 Å². The molecule has 0 spiro atoms. The number of carbonyl (C=O) groups excluding carboxylic acids is 2. The van der Waals surface area contributed by atoms with Crippen molar-refractivity contribution in [2.75, 3.05) is 6.61 Å². The molecule has 0 aromatic heterocycles. The Kier molecular flexibility index (Phi) is 15.2. The van der Waals surface area contributed by atoms with E-state index in [1.165, 1.54) is 58.8 Å². The average Bonchev–Trinajstić information content (AvgIpc) is 2.87. The maximum Gasteiger partial charge on any atom is 0.303 e. The predicted octanol–water partition coefficient (Wildman–Crippen LogP) is 2.74. The van der Waals surface area contributed by atoms with Crippen molar-refractivity contribution < 1.29 is 53.3 Å². The summed E-state index contributed by atoms with van der Waals surface area (Å²) in [4.78, 5) is 23.2. The number of hydrogen-bond acceptors (Lipinski definition) is 11. The van der Waals surface area contributed by atoms with Crippen LogP contribution in [0.1, 0.15) is 98.8 Å². The summed E-state index contributed by atoms with van der Waals surface area (Å²) in [6, 6.07) is 0. The minimum Gasteiger partial charge on any atom is -0.456 e. The second kappa shape index (κ2) is 17.5. The maximum atomic E-state index is 11.6. The molecule has 2 fully saturated rings. The number of hydrogen-bond donors (Lipinski definition) is 3. The van der Waals surface area contributed by atoms with Gasteiger partial charge in [-0.3, -0.25) is 9.59 Å². The van der Waals surface area contributed by atoms with Gasteiger partial charge in [0.2, 0.25) is 0 Å². The minimum atomic E-state index is -1.53. The van der Waals surface area contributed by atoms with Crippen LogP contribution in [0, 0.1) is 0 Å². The molecule has 228 valence electrons. The lowest BCUT2D eigenvalue weighted by molar-refractivity contribution is -0.353. The Morgan fingerprint density at radius 1 is 0.641 bits per heavy atom. The van der Waals surface area contributed by atoms with Crippen LogP contribution < -0.4 is 0 Å². The molecule has 0 aromatic carbocycles. The second-order valence-corrected chi connectivity index (χ2v) is 10.7. The van der Waals surface area contributed by atoms with Gasteiger partial charge in [-0.2, -0.15) is 0 Å². The van der Waals surface area contributed by atoms with E-state index in [2.05, 4.69) is 6.92 Å². The molecule has 2 saturated heterocycles. The van der Waals surface area contributed by atoms with Gasteiger partial charge in [0.1, 0.15) is 24.4 Å². The van der Waals surface area contributed by atoms with E-state index >= 15 is 0 Å². The zero-order valence-corrected chi connectivity index (χ0v) is 24.2. The molecule has 0 aliphatic carbocycles. The lowest BCUT2D eigenvalue weighted by Crippen LogP contribution is -2.64. The summed E-state index contributed by atoms with van der Waals surface area (Å²) in [5.41, 5.74) is 0. The molecule has 39 heavy (non-hydrogen) atoms. The first-order valence-electron chi connectivity index (χ1n) is 14.5. The average molecular weight is 563 g/mol. The summed E-state index contributed by atoms with van der Waals surface area (Å²) in [6.45, 7) is 8.21. The van der Waals surface area contributed by atoms with Gasteiger partial charge in [-0.05, 0) is 20.3 Å². The van der Waals surface area contributed by atoms with Gasteiger partial charge in [0.25, 0.3) is 0 Å². The van der Waals surface area contributed by atoms with Gasteiger partial charge in [-0.25, -0.2) is 0 Å². The lowest BCUT2D eigenvalue weighted by atomic mass is 9.97. The summed E-state index contributed by atoms with van der Waals surface area (Å²) in [5.74, 6) is -1.31. The Hall–Kier alpha value is -1.34. The zero-order chi connectivity index (χ0) is 28.9. The van der Waals surface area contributed by atoms with Crippen molar-refractivity contribution in [3.8, 4) is 0 Å². The maximum absolute atomic E-state index is 11.6. The normalized spacial score (nSPS) is 35.0. The molecular weight excluding hydrogens is 512 g/mol. The standard InChI is InChI=1S/C28H50O11/c1-6-7-8-9-10-11-12-13-14-15-16-34-27-22(32)21(31)24(17(2)35-27)39-28-23(33)26(38-20(5)30)25(18(3)36-28)37-19(4)29/h17-18,21-28,31-33H,6-16H2,1-5H3/t17-,18-,21-,22+,23+,24-,25-,26-,27+,28-/m0/s1. The molecular formula is C28H50O11. The molecule has 3 N–H and O–H groups in total. The van der Waals surface area contributed by atoms with Crippen molar-refractivity contribution in [3.05, 3.63) is 0 Å². The molecule has 0 amide bonds. The van der Waals surface area contributed by atoms with Crippen LogP contribution in [0.3, 0.4) is 0 Å². The first kappa shape index (κ1) is 33.9. The van der Waals surface area contributed by atoms with Gasteiger partial charge in [-0.15, -0.1) is 0 Å². The number of aliphatic hydroxyl groups excluding tert-OH is 3.